The van der Waals surface area contributed by atoms with Gasteiger partial charge in [0.15, 0.2) is 0 Å². The first-order valence-electron chi connectivity index (χ1n) is 3.92. The summed E-state index contributed by atoms with van der Waals surface area (Å²) in [7, 11) is 0. The summed E-state index contributed by atoms with van der Waals surface area (Å²) in [4.78, 5) is 4.69. The second-order valence-corrected chi connectivity index (χ2v) is 4.05. The largest absolute Gasteiger partial charge is 0.363 e. The standard InChI is InChI=1S/C9H8INO2/c10-7-3-1-6(2-4-7)8-5-9(12)13-11-8/h1-4,9,12H,5H2. The van der Waals surface area contributed by atoms with E-state index in [2.05, 4.69) is 27.7 Å². The van der Waals surface area contributed by atoms with Crippen molar-refractivity contribution in [3.05, 3.63) is 33.4 Å². The smallest absolute Gasteiger partial charge is 0.230 e. The number of hydrogen-bond donors (Lipinski definition) is 1. The maximum Gasteiger partial charge on any atom is 0.230 e. The fraction of sp³-hybridized carbons (Fsp3) is 0.222. The van der Waals surface area contributed by atoms with Crippen LogP contribution in [0.15, 0.2) is 29.4 Å². The number of aliphatic hydroxyl groups is 1. The van der Waals surface area contributed by atoms with Gasteiger partial charge in [-0.2, -0.15) is 0 Å². The number of oxime groups is 1. The minimum atomic E-state index is -0.769. The number of nitrogens with zero attached hydrogens (tertiary/aromatic N) is 1. The van der Waals surface area contributed by atoms with Crippen LogP contribution >= 0.6 is 22.6 Å². The highest BCUT2D eigenvalue weighted by Gasteiger charge is 2.18. The molecular weight excluding hydrogens is 281 g/mol. The highest BCUT2D eigenvalue weighted by molar-refractivity contribution is 14.1. The molecule has 1 unspecified atom stereocenters. The highest BCUT2D eigenvalue weighted by Crippen LogP contribution is 2.15. The van der Waals surface area contributed by atoms with Gasteiger partial charge in [-0.25, -0.2) is 0 Å². The predicted molar refractivity (Wildman–Crippen MR) is 57.4 cm³/mol. The van der Waals surface area contributed by atoms with Crippen LogP contribution in [-0.2, 0) is 4.84 Å². The summed E-state index contributed by atoms with van der Waals surface area (Å²) >= 11 is 2.24. The van der Waals surface area contributed by atoms with Crippen molar-refractivity contribution in [1.82, 2.24) is 0 Å². The van der Waals surface area contributed by atoms with Crippen LogP contribution in [0.3, 0.4) is 0 Å². The number of rotatable bonds is 1. The molecule has 0 fully saturated rings. The highest BCUT2D eigenvalue weighted by atomic mass is 127. The van der Waals surface area contributed by atoms with Crippen LogP contribution < -0.4 is 0 Å². The zero-order chi connectivity index (χ0) is 9.26. The van der Waals surface area contributed by atoms with E-state index >= 15 is 0 Å². The molecule has 1 aromatic carbocycles. The molecule has 1 atom stereocenters. The van der Waals surface area contributed by atoms with Crippen molar-refractivity contribution in [3.63, 3.8) is 0 Å². The fourth-order valence-electron chi connectivity index (χ4n) is 1.18. The molecule has 0 saturated heterocycles. The molecule has 1 aromatic rings. The van der Waals surface area contributed by atoms with E-state index in [4.69, 9.17) is 9.94 Å². The summed E-state index contributed by atoms with van der Waals surface area (Å²) in [5, 5.41) is 12.9. The Kier molecular flexibility index (Phi) is 2.50. The first kappa shape index (κ1) is 8.96. The van der Waals surface area contributed by atoms with E-state index in [1.807, 2.05) is 24.3 Å². The van der Waals surface area contributed by atoms with Gasteiger partial charge in [-0.1, -0.05) is 17.3 Å². The van der Waals surface area contributed by atoms with Crippen LogP contribution in [0.4, 0.5) is 0 Å². The summed E-state index contributed by atoms with van der Waals surface area (Å²) in [5.41, 5.74) is 1.82. The molecule has 4 heteroatoms. The molecule has 0 aliphatic carbocycles. The average molecular weight is 289 g/mol. The lowest BCUT2D eigenvalue weighted by Gasteiger charge is -1.98. The summed E-state index contributed by atoms with van der Waals surface area (Å²) in [5.74, 6) is 0. The van der Waals surface area contributed by atoms with Crippen molar-refractivity contribution in [2.75, 3.05) is 0 Å². The van der Waals surface area contributed by atoms with Crippen molar-refractivity contribution < 1.29 is 9.94 Å². The maximum atomic E-state index is 9.08. The van der Waals surface area contributed by atoms with Crippen LogP contribution in [0.1, 0.15) is 12.0 Å². The average Bonchev–Trinajstić information content (AvgIpc) is 2.53. The second kappa shape index (κ2) is 3.63. The number of benzene rings is 1. The van der Waals surface area contributed by atoms with Gasteiger partial charge in [0.2, 0.25) is 6.29 Å². The lowest BCUT2D eigenvalue weighted by atomic mass is 10.1. The van der Waals surface area contributed by atoms with Gasteiger partial charge in [0, 0.05) is 3.57 Å². The van der Waals surface area contributed by atoms with Crippen molar-refractivity contribution in [3.8, 4) is 0 Å². The van der Waals surface area contributed by atoms with E-state index in [1.165, 1.54) is 3.57 Å². The van der Waals surface area contributed by atoms with Crippen LogP contribution in [0, 0.1) is 3.57 Å². The number of aliphatic hydroxyl groups excluding tert-OH is 1. The molecule has 13 heavy (non-hydrogen) atoms. The van der Waals surface area contributed by atoms with Gasteiger partial charge >= 0.3 is 0 Å². The number of halogens is 1. The molecule has 1 aliphatic heterocycles. The normalized spacial score (nSPS) is 21.1. The van der Waals surface area contributed by atoms with Gasteiger partial charge in [-0.05, 0) is 40.3 Å². The van der Waals surface area contributed by atoms with Crippen LogP contribution in [0.25, 0.3) is 0 Å². The fourth-order valence-corrected chi connectivity index (χ4v) is 1.54. The molecule has 0 radical (unpaired) electrons. The Morgan fingerprint density at radius 3 is 2.62 bits per heavy atom. The van der Waals surface area contributed by atoms with E-state index in [-0.39, 0.29) is 0 Å². The first-order chi connectivity index (χ1) is 6.25. The summed E-state index contributed by atoms with van der Waals surface area (Å²) in [6.45, 7) is 0. The van der Waals surface area contributed by atoms with Gasteiger partial charge in [-0.15, -0.1) is 0 Å². The van der Waals surface area contributed by atoms with Gasteiger partial charge in [0.1, 0.15) is 0 Å². The monoisotopic (exact) mass is 289 g/mol. The van der Waals surface area contributed by atoms with E-state index in [0.717, 1.165) is 11.3 Å². The molecule has 0 aromatic heterocycles. The zero-order valence-corrected chi connectivity index (χ0v) is 8.93. The predicted octanol–water partition coefficient (Wildman–Crippen LogP) is 1.73. The molecule has 1 aliphatic rings. The van der Waals surface area contributed by atoms with E-state index < -0.39 is 6.29 Å². The molecule has 68 valence electrons. The molecule has 0 spiro atoms. The third-order valence-electron chi connectivity index (χ3n) is 1.83. The van der Waals surface area contributed by atoms with E-state index in [0.29, 0.717) is 6.42 Å². The van der Waals surface area contributed by atoms with Gasteiger partial charge in [-0.3, -0.25) is 0 Å². The van der Waals surface area contributed by atoms with Crippen molar-refractivity contribution in [2.24, 2.45) is 5.16 Å². The van der Waals surface area contributed by atoms with E-state index in [1.54, 1.807) is 0 Å². The Balaban J connectivity index is 2.22. The quantitative estimate of drug-likeness (QED) is 0.800. The third-order valence-corrected chi connectivity index (χ3v) is 2.55. The topological polar surface area (TPSA) is 41.8 Å². The lowest BCUT2D eigenvalue weighted by Crippen LogP contribution is -2.06. The van der Waals surface area contributed by atoms with Crippen LogP contribution in [-0.4, -0.2) is 17.1 Å². The van der Waals surface area contributed by atoms with Crippen LogP contribution in [0.5, 0.6) is 0 Å². The Bertz CT molecular complexity index is 334. The molecule has 0 bridgehead atoms. The van der Waals surface area contributed by atoms with Crippen molar-refractivity contribution in [2.45, 2.75) is 12.7 Å². The lowest BCUT2D eigenvalue weighted by molar-refractivity contribution is -0.0762. The molecule has 3 nitrogen and oxygen atoms in total. The Hall–Kier alpha value is -0.620. The minimum absolute atomic E-state index is 0.473. The van der Waals surface area contributed by atoms with Crippen molar-refractivity contribution >= 4 is 28.3 Å². The molecule has 1 heterocycles. The summed E-state index contributed by atoms with van der Waals surface area (Å²) < 4.78 is 1.18. The van der Waals surface area contributed by atoms with Crippen LogP contribution in [0.2, 0.25) is 0 Å². The zero-order valence-electron chi connectivity index (χ0n) is 6.77. The maximum absolute atomic E-state index is 9.08. The molecule has 0 amide bonds. The molecular formula is C9H8INO2. The van der Waals surface area contributed by atoms with Gasteiger partial charge < -0.3 is 9.94 Å². The summed E-state index contributed by atoms with van der Waals surface area (Å²) in [6, 6.07) is 7.95. The SMILES string of the molecule is OC1CC(c2ccc(I)cc2)=NO1. The Labute approximate surface area is 89.5 Å². The van der Waals surface area contributed by atoms with E-state index in [9.17, 15) is 0 Å². The Morgan fingerprint density at radius 1 is 1.38 bits per heavy atom. The molecule has 0 saturated carbocycles. The molecule has 1 N–H and O–H groups in total. The van der Waals surface area contributed by atoms with Gasteiger partial charge in [0.25, 0.3) is 0 Å². The summed E-state index contributed by atoms with van der Waals surface area (Å²) in [6.07, 6.45) is -0.296. The minimum Gasteiger partial charge on any atom is -0.363 e. The Morgan fingerprint density at radius 2 is 2.08 bits per heavy atom. The van der Waals surface area contributed by atoms with Gasteiger partial charge in [0.05, 0.1) is 12.1 Å². The third kappa shape index (κ3) is 2.00. The second-order valence-electron chi connectivity index (χ2n) is 2.81. The van der Waals surface area contributed by atoms with Crippen molar-refractivity contribution in [1.29, 1.82) is 0 Å². The molecule has 2 rings (SSSR count). The first-order valence-corrected chi connectivity index (χ1v) is 5.00. The number of hydrogen-bond acceptors (Lipinski definition) is 3.